The second-order valence-electron chi connectivity index (χ2n) is 4.42. The lowest BCUT2D eigenvalue weighted by molar-refractivity contribution is 0.277. The first-order valence-electron chi connectivity index (χ1n) is 6.15. The van der Waals surface area contributed by atoms with Gasteiger partial charge in [-0.2, -0.15) is 23.1 Å². The number of nitrogens with one attached hydrogen (secondary N) is 1. The fraction of sp³-hybridized carbons (Fsp3) is 0.692. The van der Waals surface area contributed by atoms with Gasteiger partial charge < -0.3 is 10.2 Å². The summed E-state index contributed by atoms with van der Waals surface area (Å²) >= 11 is 3.70. The van der Waals surface area contributed by atoms with Crippen molar-refractivity contribution in [2.24, 2.45) is 0 Å². The van der Waals surface area contributed by atoms with Crippen molar-refractivity contribution in [3.8, 4) is 0 Å². The molecule has 1 aromatic rings. The summed E-state index contributed by atoms with van der Waals surface area (Å²) < 4.78 is 0. The molecule has 0 aliphatic rings. The van der Waals surface area contributed by atoms with Crippen LogP contribution in [0.5, 0.6) is 0 Å². The molecule has 0 aromatic carbocycles. The molecule has 0 saturated carbocycles. The van der Waals surface area contributed by atoms with Gasteiger partial charge in [-0.3, -0.25) is 0 Å². The van der Waals surface area contributed by atoms with E-state index in [1.807, 2.05) is 11.8 Å². The number of hydrogen-bond acceptors (Lipinski definition) is 4. The van der Waals surface area contributed by atoms with Crippen LogP contribution in [0.4, 0.5) is 0 Å². The Morgan fingerprint density at radius 2 is 2.29 bits per heavy atom. The number of rotatable bonds is 9. The fourth-order valence-electron chi connectivity index (χ4n) is 1.64. The first kappa shape index (κ1) is 15.0. The van der Waals surface area contributed by atoms with Gasteiger partial charge in [0.1, 0.15) is 0 Å². The van der Waals surface area contributed by atoms with Crippen LogP contribution in [-0.4, -0.2) is 49.6 Å². The molecule has 0 saturated heterocycles. The van der Waals surface area contributed by atoms with Gasteiger partial charge in [0.2, 0.25) is 0 Å². The molecule has 0 aliphatic carbocycles. The van der Waals surface area contributed by atoms with Crippen LogP contribution in [0.3, 0.4) is 0 Å². The molecule has 0 bridgehead atoms. The van der Waals surface area contributed by atoms with Crippen molar-refractivity contribution in [1.29, 1.82) is 0 Å². The summed E-state index contributed by atoms with van der Waals surface area (Å²) in [7, 11) is 2.21. The van der Waals surface area contributed by atoms with E-state index in [4.69, 9.17) is 0 Å². The van der Waals surface area contributed by atoms with E-state index in [0.29, 0.717) is 6.04 Å². The molecule has 4 heteroatoms. The van der Waals surface area contributed by atoms with E-state index in [9.17, 15) is 0 Å². The van der Waals surface area contributed by atoms with Crippen LogP contribution >= 0.6 is 23.1 Å². The van der Waals surface area contributed by atoms with Crippen molar-refractivity contribution in [1.82, 2.24) is 10.2 Å². The highest BCUT2D eigenvalue weighted by molar-refractivity contribution is 7.98. The Hall–Kier alpha value is -0.0300. The van der Waals surface area contributed by atoms with Crippen molar-refractivity contribution < 1.29 is 0 Å². The molecule has 0 radical (unpaired) electrons. The monoisotopic (exact) mass is 272 g/mol. The van der Waals surface area contributed by atoms with E-state index in [-0.39, 0.29) is 0 Å². The van der Waals surface area contributed by atoms with Gasteiger partial charge in [-0.1, -0.05) is 0 Å². The molecule has 1 atom stereocenters. The molecule has 1 aromatic heterocycles. The third-order valence-corrected chi connectivity index (χ3v) is 4.52. The molecule has 1 rings (SSSR count). The van der Waals surface area contributed by atoms with Crippen molar-refractivity contribution in [3.05, 3.63) is 22.4 Å². The minimum Gasteiger partial charge on any atom is -0.315 e. The van der Waals surface area contributed by atoms with Gasteiger partial charge in [-0.05, 0) is 55.6 Å². The largest absolute Gasteiger partial charge is 0.315 e. The zero-order chi connectivity index (χ0) is 12.5. The molecule has 98 valence electrons. The molecular formula is C13H24N2S2. The summed E-state index contributed by atoms with van der Waals surface area (Å²) in [5.74, 6) is 1.21. The first-order valence-corrected chi connectivity index (χ1v) is 8.48. The second kappa shape index (κ2) is 8.97. The molecular weight excluding hydrogens is 248 g/mol. The smallest absolute Gasteiger partial charge is 0.0155 e. The second-order valence-corrected chi connectivity index (χ2v) is 6.11. The van der Waals surface area contributed by atoms with Gasteiger partial charge in [0.05, 0.1) is 0 Å². The number of thioether (sulfide) groups is 1. The highest BCUT2D eigenvalue weighted by Crippen LogP contribution is 2.05. The van der Waals surface area contributed by atoms with E-state index < -0.39 is 0 Å². The van der Waals surface area contributed by atoms with Crippen LogP contribution < -0.4 is 5.32 Å². The molecule has 0 fully saturated rings. The lowest BCUT2D eigenvalue weighted by Gasteiger charge is -2.24. The van der Waals surface area contributed by atoms with Gasteiger partial charge >= 0.3 is 0 Å². The minimum absolute atomic E-state index is 0.670. The lowest BCUT2D eigenvalue weighted by atomic mass is 10.2. The van der Waals surface area contributed by atoms with Crippen molar-refractivity contribution in [2.75, 3.05) is 38.7 Å². The third-order valence-electron chi connectivity index (χ3n) is 2.97. The van der Waals surface area contributed by atoms with Gasteiger partial charge in [-0.15, -0.1) is 0 Å². The Morgan fingerprint density at radius 1 is 1.47 bits per heavy atom. The summed E-state index contributed by atoms with van der Waals surface area (Å²) in [4.78, 5) is 2.42. The zero-order valence-electron chi connectivity index (χ0n) is 11.1. The Labute approximate surface area is 114 Å². The zero-order valence-corrected chi connectivity index (χ0v) is 12.7. The minimum atomic E-state index is 0.670. The van der Waals surface area contributed by atoms with Gasteiger partial charge in [0.25, 0.3) is 0 Å². The van der Waals surface area contributed by atoms with Gasteiger partial charge in [0, 0.05) is 24.9 Å². The SMILES string of the molecule is CSCC(C)N(C)CCNCCc1ccsc1. The molecule has 17 heavy (non-hydrogen) atoms. The quantitative estimate of drug-likeness (QED) is 0.696. The fourth-order valence-corrected chi connectivity index (χ4v) is 3.08. The van der Waals surface area contributed by atoms with Crippen LogP contribution in [0.2, 0.25) is 0 Å². The van der Waals surface area contributed by atoms with E-state index >= 15 is 0 Å². The van der Waals surface area contributed by atoms with E-state index in [2.05, 4.69) is 47.3 Å². The lowest BCUT2D eigenvalue weighted by Crippen LogP contribution is -2.37. The Bertz CT molecular complexity index is 275. The van der Waals surface area contributed by atoms with Crippen LogP contribution in [0.15, 0.2) is 16.8 Å². The predicted octanol–water partition coefficient (Wildman–Crippen LogP) is 2.56. The number of hydrogen-bond donors (Lipinski definition) is 1. The van der Waals surface area contributed by atoms with Crippen LogP contribution in [0.25, 0.3) is 0 Å². The molecule has 0 spiro atoms. The maximum atomic E-state index is 3.51. The highest BCUT2D eigenvalue weighted by atomic mass is 32.2. The topological polar surface area (TPSA) is 15.3 Å². The number of nitrogens with zero attached hydrogens (tertiary/aromatic N) is 1. The van der Waals surface area contributed by atoms with E-state index in [1.54, 1.807) is 11.3 Å². The average molecular weight is 272 g/mol. The highest BCUT2D eigenvalue weighted by Gasteiger charge is 2.06. The molecule has 1 N–H and O–H groups in total. The normalized spacial score (nSPS) is 13.2. The van der Waals surface area contributed by atoms with Crippen LogP contribution in [-0.2, 0) is 6.42 Å². The van der Waals surface area contributed by atoms with Crippen molar-refractivity contribution in [3.63, 3.8) is 0 Å². The maximum absolute atomic E-state index is 3.51. The molecule has 1 heterocycles. The summed E-state index contributed by atoms with van der Waals surface area (Å²) in [6, 6.07) is 2.88. The van der Waals surface area contributed by atoms with Gasteiger partial charge in [-0.25, -0.2) is 0 Å². The molecule has 2 nitrogen and oxygen atoms in total. The summed E-state index contributed by atoms with van der Waals surface area (Å²) in [5.41, 5.74) is 1.45. The maximum Gasteiger partial charge on any atom is 0.0155 e. The van der Waals surface area contributed by atoms with Crippen molar-refractivity contribution >= 4 is 23.1 Å². The Kier molecular flexibility index (Phi) is 7.93. The number of thiophene rings is 1. The molecule has 0 amide bonds. The Balaban J connectivity index is 2.00. The predicted molar refractivity (Wildman–Crippen MR) is 81.4 cm³/mol. The van der Waals surface area contributed by atoms with E-state index in [0.717, 1.165) is 26.1 Å². The first-order chi connectivity index (χ1) is 8.24. The van der Waals surface area contributed by atoms with Crippen LogP contribution in [0.1, 0.15) is 12.5 Å². The average Bonchev–Trinajstić information content (AvgIpc) is 2.81. The van der Waals surface area contributed by atoms with Crippen molar-refractivity contribution in [2.45, 2.75) is 19.4 Å². The number of likely N-dealkylation sites (N-methyl/N-ethyl adjacent to an activating group) is 1. The summed E-state index contributed by atoms with van der Waals surface area (Å²) in [6.45, 7) is 5.59. The molecule has 1 unspecified atom stereocenters. The molecule has 0 aliphatic heterocycles. The third kappa shape index (κ3) is 6.46. The Morgan fingerprint density at radius 3 is 2.94 bits per heavy atom. The van der Waals surface area contributed by atoms with E-state index in [1.165, 1.54) is 11.3 Å². The summed E-state index contributed by atoms with van der Waals surface area (Å²) in [6.07, 6.45) is 3.32. The standard InChI is InChI=1S/C13H24N2S2/c1-12(10-16-3)15(2)8-7-14-6-4-13-5-9-17-11-13/h5,9,11-12,14H,4,6-8,10H2,1-3H3. The van der Waals surface area contributed by atoms with Gasteiger partial charge in [0.15, 0.2) is 0 Å². The summed E-state index contributed by atoms with van der Waals surface area (Å²) in [5, 5.41) is 7.88. The van der Waals surface area contributed by atoms with Crippen LogP contribution in [0, 0.1) is 0 Å².